The van der Waals surface area contributed by atoms with Gasteiger partial charge in [-0.25, -0.2) is 0 Å². The Morgan fingerprint density at radius 1 is 1.19 bits per heavy atom. The molecule has 0 atom stereocenters. The Balaban J connectivity index is 2.35. The van der Waals surface area contributed by atoms with Gasteiger partial charge >= 0.3 is 0 Å². The number of unbranched alkanes of at least 4 members (excludes halogenated alkanes) is 1. The average Bonchev–Trinajstić information content (AvgIpc) is 2.44. The molecule has 3 N–H and O–H groups in total. The van der Waals surface area contributed by atoms with Gasteiger partial charge in [0.25, 0.3) is 0 Å². The molecule has 0 aromatic heterocycles. The van der Waals surface area contributed by atoms with Crippen LogP contribution in [0.4, 0.5) is 5.69 Å². The van der Waals surface area contributed by atoms with Crippen LogP contribution in [-0.2, 0) is 11.2 Å². The van der Waals surface area contributed by atoms with Crippen LogP contribution >= 0.6 is 12.2 Å². The van der Waals surface area contributed by atoms with Crippen LogP contribution in [0.5, 0.6) is 0 Å². The summed E-state index contributed by atoms with van der Waals surface area (Å²) in [5.74, 6) is 0.257. The number of aryl methyl sites for hydroxylation is 1. The average molecular weight is 307 g/mol. The number of carbonyl (C=O) groups is 1. The number of nitrogens with one attached hydrogen (secondary N) is 3. The van der Waals surface area contributed by atoms with Crippen LogP contribution in [0, 0.1) is 5.92 Å². The topological polar surface area (TPSA) is 53.2 Å². The monoisotopic (exact) mass is 307 g/mol. The van der Waals surface area contributed by atoms with E-state index in [-0.39, 0.29) is 5.91 Å². The van der Waals surface area contributed by atoms with E-state index in [1.807, 2.05) is 26.0 Å². The van der Waals surface area contributed by atoms with Crippen LogP contribution in [0.3, 0.4) is 0 Å². The minimum absolute atomic E-state index is 0.0657. The van der Waals surface area contributed by atoms with Crippen molar-refractivity contribution in [2.45, 2.75) is 46.5 Å². The second-order valence-corrected chi connectivity index (χ2v) is 5.93. The predicted molar refractivity (Wildman–Crippen MR) is 92.0 cm³/mol. The molecule has 0 radical (unpaired) electrons. The van der Waals surface area contributed by atoms with E-state index in [1.165, 1.54) is 18.4 Å². The van der Waals surface area contributed by atoms with Crippen LogP contribution < -0.4 is 16.2 Å². The molecule has 1 aromatic rings. The van der Waals surface area contributed by atoms with Crippen molar-refractivity contribution in [1.82, 2.24) is 10.9 Å². The summed E-state index contributed by atoms with van der Waals surface area (Å²) in [4.78, 5) is 11.5. The quantitative estimate of drug-likeness (QED) is 0.557. The summed E-state index contributed by atoms with van der Waals surface area (Å²) >= 11 is 5.13. The fraction of sp³-hybridized carbons (Fsp3) is 0.500. The molecule has 4 nitrogen and oxygen atoms in total. The molecule has 0 saturated carbocycles. The normalized spacial score (nSPS) is 10.3. The zero-order valence-electron chi connectivity index (χ0n) is 13.0. The smallest absolute Gasteiger partial charge is 0.238 e. The summed E-state index contributed by atoms with van der Waals surface area (Å²) in [5, 5.41) is 3.42. The summed E-state index contributed by atoms with van der Waals surface area (Å²) in [6, 6.07) is 8.18. The fourth-order valence-electron chi connectivity index (χ4n) is 1.85. The van der Waals surface area contributed by atoms with Crippen molar-refractivity contribution in [3.8, 4) is 0 Å². The van der Waals surface area contributed by atoms with Crippen LogP contribution in [0.2, 0.25) is 0 Å². The minimum atomic E-state index is -0.0657. The number of rotatable bonds is 6. The number of hydrogen-bond acceptors (Lipinski definition) is 2. The van der Waals surface area contributed by atoms with E-state index in [9.17, 15) is 4.79 Å². The highest BCUT2D eigenvalue weighted by atomic mass is 32.1. The molecule has 0 aliphatic heterocycles. The number of carbonyl (C=O) groups excluding carboxylic acids is 1. The summed E-state index contributed by atoms with van der Waals surface area (Å²) in [5.41, 5.74) is 7.52. The van der Waals surface area contributed by atoms with Crippen molar-refractivity contribution in [2.24, 2.45) is 5.92 Å². The summed E-state index contributed by atoms with van der Waals surface area (Å²) < 4.78 is 0. The first-order chi connectivity index (χ1) is 10.0. The lowest BCUT2D eigenvalue weighted by atomic mass is 10.1. The summed E-state index contributed by atoms with van der Waals surface area (Å²) in [6.45, 7) is 6.18. The van der Waals surface area contributed by atoms with Crippen LogP contribution in [0.1, 0.15) is 45.6 Å². The van der Waals surface area contributed by atoms with E-state index >= 15 is 0 Å². The first-order valence-electron chi connectivity index (χ1n) is 7.46. The van der Waals surface area contributed by atoms with Crippen molar-refractivity contribution < 1.29 is 4.79 Å². The van der Waals surface area contributed by atoms with Gasteiger partial charge in [-0.3, -0.25) is 15.6 Å². The van der Waals surface area contributed by atoms with Crippen molar-refractivity contribution in [3.63, 3.8) is 0 Å². The van der Waals surface area contributed by atoms with Crippen LogP contribution in [0.25, 0.3) is 0 Å². The standard InChI is InChI=1S/C16H25N3OS/c1-4-5-6-13-7-9-14(10-8-13)17-16(21)19-18-15(20)11-12(2)3/h7-10,12H,4-6,11H2,1-3H3,(H,18,20)(H2,17,19,21). The van der Waals surface area contributed by atoms with Crippen LogP contribution in [0.15, 0.2) is 24.3 Å². The van der Waals surface area contributed by atoms with E-state index in [2.05, 4.69) is 35.2 Å². The van der Waals surface area contributed by atoms with Crippen LogP contribution in [-0.4, -0.2) is 11.0 Å². The van der Waals surface area contributed by atoms with E-state index in [4.69, 9.17) is 12.2 Å². The van der Waals surface area contributed by atoms with Gasteiger partial charge in [-0.05, 0) is 48.7 Å². The van der Waals surface area contributed by atoms with Gasteiger partial charge in [0.1, 0.15) is 0 Å². The highest BCUT2D eigenvalue weighted by Crippen LogP contribution is 2.11. The Morgan fingerprint density at radius 2 is 1.86 bits per heavy atom. The molecule has 1 rings (SSSR count). The van der Waals surface area contributed by atoms with Gasteiger partial charge in [0.2, 0.25) is 5.91 Å². The second kappa shape index (κ2) is 9.34. The molecule has 0 aliphatic rings. The van der Waals surface area contributed by atoms with Gasteiger partial charge in [0.05, 0.1) is 0 Å². The van der Waals surface area contributed by atoms with Gasteiger partial charge in [-0.15, -0.1) is 0 Å². The molecule has 0 heterocycles. The third kappa shape index (κ3) is 7.66. The predicted octanol–water partition coefficient (Wildman–Crippen LogP) is 3.39. The molecule has 1 aromatic carbocycles. The van der Waals surface area contributed by atoms with Crippen molar-refractivity contribution >= 4 is 28.9 Å². The highest BCUT2D eigenvalue weighted by Gasteiger charge is 2.05. The number of hydrazine groups is 1. The van der Waals surface area contributed by atoms with E-state index in [1.54, 1.807) is 0 Å². The molecule has 21 heavy (non-hydrogen) atoms. The second-order valence-electron chi connectivity index (χ2n) is 5.53. The Kier molecular flexibility index (Phi) is 7.75. The molecule has 0 unspecified atom stereocenters. The molecule has 1 amide bonds. The van der Waals surface area contributed by atoms with Gasteiger partial charge in [0, 0.05) is 12.1 Å². The molecular formula is C16H25N3OS. The molecule has 0 saturated heterocycles. The minimum Gasteiger partial charge on any atom is -0.331 e. The fourth-order valence-corrected chi connectivity index (χ4v) is 2.02. The Bertz CT molecular complexity index is 457. The number of amides is 1. The number of anilines is 1. The maximum Gasteiger partial charge on any atom is 0.238 e. The van der Waals surface area contributed by atoms with Gasteiger partial charge in [-0.1, -0.05) is 39.3 Å². The Hall–Kier alpha value is -1.62. The molecule has 5 heteroatoms. The number of benzene rings is 1. The van der Waals surface area contributed by atoms with Crippen molar-refractivity contribution in [3.05, 3.63) is 29.8 Å². The van der Waals surface area contributed by atoms with E-state index in [0.717, 1.165) is 12.1 Å². The maximum atomic E-state index is 11.5. The lowest BCUT2D eigenvalue weighted by molar-refractivity contribution is -0.122. The Morgan fingerprint density at radius 3 is 2.43 bits per heavy atom. The van der Waals surface area contributed by atoms with Crippen molar-refractivity contribution in [2.75, 3.05) is 5.32 Å². The molecule has 0 spiro atoms. The third-order valence-electron chi connectivity index (χ3n) is 2.94. The van der Waals surface area contributed by atoms with E-state index in [0.29, 0.717) is 17.5 Å². The zero-order chi connectivity index (χ0) is 15.7. The van der Waals surface area contributed by atoms with E-state index < -0.39 is 0 Å². The third-order valence-corrected chi connectivity index (χ3v) is 3.14. The lowest BCUT2D eigenvalue weighted by Gasteiger charge is -2.12. The molecular weight excluding hydrogens is 282 g/mol. The molecule has 116 valence electrons. The SMILES string of the molecule is CCCCc1ccc(NC(=S)NNC(=O)CC(C)C)cc1. The first-order valence-corrected chi connectivity index (χ1v) is 7.87. The zero-order valence-corrected chi connectivity index (χ0v) is 13.8. The first kappa shape index (κ1) is 17.4. The van der Waals surface area contributed by atoms with Gasteiger partial charge in [0.15, 0.2) is 5.11 Å². The van der Waals surface area contributed by atoms with Crippen molar-refractivity contribution in [1.29, 1.82) is 0 Å². The molecule has 0 bridgehead atoms. The highest BCUT2D eigenvalue weighted by molar-refractivity contribution is 7.80. The van der Waals surface area contributed by atoms with Gasteiger partial charge < -0.3 is 5.32 Å². The van der Waals surface area contributed by atoms with Gasteiger partial charge in [-0.2, -0.15) is 0 Å². The summed E-state index contributed by atoms with van der Waals surface area (Å²) in [7, 11) is 0. The number of hydrogen-bond donors (Lipinski definition) is 3. The summed E-state index contributed by atoms with van der Waals surface area (Å²) in [6.07, 6.45) is 3.98. The largest absolute Gasteiger partial charge is 0.331 e. The number of thiocarbonyl (C=S) groups is 1. The molecule has 0 aliphatic carbocycles. The lowest BCUT2D eigenvalue weighted by Crippen LogP contribution is -2.44. The Labute approximate surface area is 132 Å². The molecule has 0 fully saturated rings. The maximum absolute atomic E-state index is 11.5.